The minimum atomic E-state index is -0.620. The monoisotopic (exact) mass is 294 g/mol. The Labute approximate surface area is 123 Å². The maximum atomic E-state index is 10.2. The molecule has 1 heterocycles. The van der Waals surface area contributed by atoms with Crippen molar-refractivity contribution in [3.05, 3.63) is 46.7 Å². The van der Waals surface area contributed by atoms with E-state index in [9.17, 15) is 5.11 Å². The Kier molecular flexibility index (Phi) is 5.04. The van der Waals surface area contributed by atoms with Crippen LogP contribution in [-0.4, -0.2) is 21.5 Å². The van der Waals surface area contributed by atoms with E-state index >= 15 is 0 Å². The fraction of sp³-hybridized carbons (Fsp3) is 0.400. The molecule has 0 radical (unpaired) electrons. The fourth-order valence-electron chi connectivity index (χ4n) is 1.88. The molecule has 1 unspecified atom stereocenters. The van der Waals surface area contributed by atoms with Crippen molar-refractivity contribution in [3.8, 4) is 5.75 Å². The molecule has 1 N–H and O–H groups in total. The first-order valence-electron chi connectivity index (χ1n) is 6.70. The van der Waals surface area contributed by atoms with Crippen molar-refractivity contribution in [1.29, 1.82) is 0 Å². The average molecular weight is 295 g/mol. The topological polar surface area (TPSA) is 47.3 Å². The zero-order valence-corrected chi connectivity index (χ0v) is 12.5. The number of halogens is 1. The van der Waals surface area contributed by atoms with E-state index in [1.807, 2.05) is 31.2 Å². The Morgan fingerprint density at radius 3 is 2.60 bits per heavy atom. The van der Waals surface area contributed by atoms with Gasteiger partial charge in [0, 0.05) is 0 Å². The van der Waals surface area contributed by atoms with Crippen molar-refractivity contribution in [2.24, 2.45) is 0 Å². The van der Waals surface area contributed by atoms with Crippen molar-refractivity contribution in [1.82, 2.24) is 9.78 Å². The van der Waals surface area contributed by atoms with Crippen LogP contribution in [0.3, 0.4) is 0 Å². The Bertz CT molecular complexity index is 552. The molecule has 5 heteroatoms. The van der Waals surface area contributed by atoms with Crippen LogP contribution in [0.5, 0.6) is 5.75 Å². The zero-order chi connectivity index (χ0) is 14.5. The lowest BCUT2D eigenvalue weighted by Crippen LogP contribution is -2.11. The van der Waals surface area contributed by atoms with Gasteiger partial charge in [-0.2, -0.15) is 5.10 Å². The Hall–Kier alpha value is -1.52. The van der Waals surface area contributed by atoms with Crippen LogP contribution in [0.1, 0.15) is 30.7 Å². The summed E-state index contributed by atoms with van der Waals surface area (Å²) in [5.41, 5.74) is 1.69. The smallest absolute Gasteiger partial charge is 0.119 e. The van der Waals surface area contributed by atoms with Gasteiger partial charge in [-0.3, -0.25) is 4.68 Å². The summed E-state index contributed by atoms with van der Waals surface area (Å²) in [6, 6.07) is 7.49. The molecule has 0 aliphatic heterocycles. The molecule has 0 amide bonds. The second-order valence-electron chi connectivity index (χ2n) is 4.69. The van der Waals surface area contributed by atoms with Gasteiger partial charge in [0.15, 0.2) is 0 Å². The predicted octanol–water partition coefficient (Wildman–Crippen LogP) is 3.37. The van der Waals surface area contributed by atoms with Gasteiger partial charge in [-0.05, 0) is 31.0 Å². The van der Waals surface area contributed by atoms with Gasteiger partial charge in [0.05, 0.1) is 36.2 Å². The van der Waals surface area contributed by atoms with E-state index in [4.69, 9.17) is 16.3 Å². The van der Waals surface area contributed by atoms with Crippen LogP contribution in [0, 0.1) is 6.92 Å². The Balaban J connectivity index is 2.02. The second kappa shape index (κ2) is 6.77. The van der Waals surface area contributed by atoms with E-state index in [-0.39, 0.29) is 0 Å². The number of benzene rings is 1. The first-order chi connectivity index (χ1) is 9.61. The molecule has 0 aliphatic rings. The summed E-state index contributed by atoms with van der Waals surface area (Å²) in [5.74, 6) is 0.820. The highest BCUT2D eigenvalue weighted by Crippen LogP contribution is 2.21. The Morgan fingerprint density at radius 1 is 1.35 bits per heavy atom. The van der Waals surface area contributed by atoms with E-state index in [1.54, 1.807) is 10.9 Å². The van der Waals surface area contributed by atoms with Crippen LogP contribution in [0.4, 0.5) is 0 Å². The number of aliphatic hydroxyl groups is 1. The third kappa shape index (κ3) is 3.52. The highest BCUT2D eigenvalue weighted by Gasteiger charge is 2.12. The van der Waals surface area contributed by atoms with E-state index in [0.717, 1.165) is 23.4 Å². The first-order valence-corrected chi connectivity index (χ1v) is 7.08. The summed E-state index contributed by atoms with van der Waals surface area (Å²) < 4.78 is 7.22. The molecule has 0 saturated carbocycles. The number of ether oxygens (including phenoxy) is 1. The van der Waals surface area contributed by atoms with Crippen LogP contribution in [0.25, 0.3) is 0 Å². The van der Waals surface area contributed by atoms with Gasteiger partial charge in [0.1, 0.15) is 5.75 Å². The standard InChI is InChI=1S/C15H19ClN2O2/c1-3-8-20-13-6-4-12(5-7-13)15(19)10-18-11(2)14(16)9-17-18/h4-7,9,15,19H,3,8,10H2,1-2H3. The van der Waals surface area contributed by atoms with Gasteiger partial charge in [-0.15, -0.1) is 0 Å². The second-order valence-corrected chi connectivity index (χ2v) is 5.10. The molecule has 108 valence electrons. The molecule has 0 saturated heterocycles. The summed E-state index contributed by atoms with van der Waals surface area (Å²) in [7, 11) is 0. The van der Waals surface area contributed by atoms with E-state index in [2.05, 4.69) is 12.0 Å². The number of hydrogen-bond donors (Lipinski definition) is 1. The maximum Gasteiger partial charge on any atom is 0.119 e. The molecule has 1 aromatic heterocycles. The first kappa shape index (κ1) is 14.9. The molecule has 1 atom stereocenters. The molecule has 0 spiro atoms. The number of nitrogens with zero attached hydrogens (tertiary/aromatic N) is 2. The van der Waals surface area contributed by atoms with Crippen LogP contribution < -0.4 is 4.74 Å². The molecule has 1 aromatic carbocycles. The maximum absolute atomic E-state index is 10.2. The van der Waals surface area contributed by atoms with Crippen LogP contribution in [-0.2, 0) is 6.54 Å². The average Bonchev–Trinajstić information content (AvgIpc) is 2.77. The molecular formula is C15H19ClN2O2. The predicted molar refractivity (Wildman–Crippen MR) is 79.2 cm³/mol. The van der Waals surface area contributed by atoms with Crippen molar-refractivity contribution in [3.63, 3.8) is 0 Å². The third-order valence-corrected chi connectivity index (χ3v) is 3.50. The number of rotatable bonds is 6. The largest absolute Gasteiger partial charge is 0.494 e. The van der Waals surface area contributed by atoms with Crippen molar-refractivity contribution in [2.75, 3.05) is 6.61 Å². The Morgan fingerprint density at radius 2 is 2.05 bits per heavy atom. The molecule has 0 fully saturated rings. The van der Waals surface area contributed by atoms with Crippen LogP contribution >= 0.6 is 11.6 Å². The summed E-state index contributed by atoms with van der Waals surface area (Å²) in [6.07, 6.45) is 1.94. The quantitative estimate of drug-likeness (QED) is 0.888. The van der Waals surface area contributed by atoms with E-state index < -0.39 is 6.10 Å². The van der Waals surface area contributed by atoms with E-state index in [0.29, 0.717) is 18.2 Å². The van der Waals surface area contributed by atoms with Crippen LogP contribution in [0.15, 0.2) is 30.5 Å². The van der Waals surface area contributed by atoms with Gasteiger partial charge >= 0.3 is 0 Å². The molecular weight excluding hydrogens is 276 g/mol. The lowest BCUT2D eigenvalue weighted by Gasteiger charge is -2.13. The molecule has 0 bridgehead atoms. The van der Waals surface area contributed by atoms with Crippen LogP contribution in [0.2, 0.25) is 5.02 Å². The van der Waals surface area contributed by atoms with Gasteiger partial charge in [0.2, 0.25) is 0 Å². The van der Waals surface area contributed by atoms with Crippen molar-refractivity contribution >= 4 is 11.6 Å². The number of aromatic nitrogens is 2. The van der Waals surface area contributed by atoms with Gasteiger partial charge < -0.3 is 9.84 Å². The van der Waals surface area contributed by atoms with Crippen molar-refractivity contribution < 1.29 is 9.84 Å². The molecule has 2 rings (SSSR count). The molecule has 4 nitrogen and oxygen atoms in total. The minimum absolute atomic E-state index is 0.383. The number of hydrogen-bond acceptors (Lipinski definition) is 3. The summed E-state index contributed by atoms with van der Waals surface area (Å²) in [5, 5.41) is 15.0. The van der Waals surface area contributed by atoms with Gasteiger partial charge in [0.25, 0.3) is 0 Å². The molecule has 2 aromatic rings. The van der Waals surface area contributed by atoms with E-state index in [1.165, 1.54) is 0 Å². The summed E-state index contributed by atoms with van der Waals surface area (Å²) in [6.45, 7) is 5.03. The molecule has 0 aliphatic carbocycles. The lowest BCUT2D eigenvalue weighted by molar-refractivity contribution is 0.150. The summed E-state index contributed by atoms with van der Waals surface area (Å²) in [4.78, 5) is 0. The lowest BCUT2D eigenvalue weighted by atomic mass is 10.1. The van der Waals surface area contributed by atoms with Gasteiger partial charge in [-0.25, -0.2) is 0 Å². The van der Waals surface area contributed by atoms with Gasteiger partial charge in [-0.1, -0.05) is 30.7 Å². The highest BCUT2D eigenvalue weighted by atomic mass is 35.5. The van der Waals surface area contributed by atoms with Crippen molar-refractivity contribution in [2.45, 2.75) is 32.9 Å². The number of aliphatic hydroxyl groups excluding tert-OH is 1. The fourth-order valence-corrected chi connectivity index (χ4v) is 2.02. The molecule has 20 heavy (non-hydrogen) atoms. The summed E-state index contributed by atoms with van der Waals surface area (Å²) >= 11 is 5.95. The SMILES string of the molecule is CCCOc1ccc(C(O)Cn2ncc(Cl)c2C)cc1. The highest BCUT2D eigenvalue weighted by molar-refractivity contribution is 6.31. The zero-order valence-electron chi connectivity index (χ0n) is 11.7. The third-order valence-electron chi connectivity index (χ3n) is 3.13. The minimum Gasteiger partial charge on any atom is -0.494 e. The normalized spacial score (nSPS) is 12.4.